The molecule has 9 heteroatoms. The SMILES string of the molecule is CCN(CC)c1ncc(/C=N\NC(=O)c2nn(CC)c(=O)c3ccccc23)s1. The molecule has 1 amide bonds. The average Bonchev–Trinajstić information content (AvgIpc) is 3.18. The number of aromatic nitrogens is 3. The van der Waals surface area contributed by atoms with E-state index in [1.807, 2.05) is 0 Å². The maximum absolute atomic E-state index is 12.6. The van der Waals surface area contributed by atoms with Gasteiger partial charge in [-0.2, -0.15) is 10.2 Å². The van der Waals surface area contributed by atoms with Gasteiger partial charge in [0, 0.05) is 31.2 Å². The minimum absolute atomic E-state index is 0.169. The number of fused-ring (bicyclic) bond motifs is 1. The lowest BCUT2D eigenvalue weighted by molar-refractivity contribution is 0.0949. The van der Waals surface area contributed by atoms with Gasteiger partial charge in [-0.1, -0.05) is 29.5 Å². The number of rotatable bonds is 7. The molecule has 0 saturated heterocycles. The van der Waals surface area contributed by atoms with Gasteiger partial charge in [-0.05, 0) is 26.8 Å². The van der Waals surface area contributed by atoms with Crippen LogP contribution in [-0.2, 0) is 6.54 Å². The molecule has 1 aromatic carbocycles. The molecule has 1 N–H and O–H groups in total. The number of nitrogens with zero attached hydrogens (tertiary/aromatic N) is 5. The standard InChI is InChI=1S/C19H22N6O2S/c1-4-24(5-2)19-20-11-13(28-19)12-21-22-17(26)16-14-9-7-8-10-15(14)18(27)25(6-3)23-16/h7-12H,4-6H2,1-3H3,(H,22,26)/b21-12-. The molecule has 0 spiro atoms. The van der Waals surface area contributed by atoms with Crippen molar-refractivity contribution < 1.29 is 4.79 Å². The molecular weight excluding hydrogens is 376 g/mol. The molecule has 0 aliphatic carbocycles. The zero-order chi connectivity index (χ0) is 20.1. The van der Waals surface area contributed by atoms with Gasteiger partial charge in [0.2, 0.25) is 0 Å². The number of amides is 1. The van der Waals surface area contributed by atoms with Crippen LogP contribution in [0.1, 0.15) is 36.1 Å². The van der Waals surface area contributed by atoms with E-state index >= 15 is 0 Å². The molecule has 0 fully saturated rings. The Kier molecular flexibility index (Phi) is 6.15. The number of thiazole rings is 1. The molecule has 0 bridgehead atoms. The number of aryl methyl sites for hydroxylation is 1. The first-order valence-electron chi connectivity index (χ1n) is 9.13. The predicted octanol–water partition coefficient (Wildman–Crippen LogP) is 2.48. The van der Waals surface area contributed by atoms with Gasteiger partial charge in [-0.3, -0.25) is 9.59 Å². The van der Waals surface area contributed by atoms with Gasteiger partial charge in [0.25, 0.3) is 11.5 Å². The van der Waals surface area contributed by atoms with Crippen LogP contribution < -0.4 is 15.9 Å². The number of carbonyl (C=O) groups is 1. The molecular formula is C19H22N6O2S. The molecule has 28 heavy (non-hydrogen) atoms. The molecule has 0 aliphatic rings. The topological polar surface area (TPSA) is 92.5 Å². The van der Waals surface area contributed by atoms with Crippen LogP contribution in [-0.4, -0.2) is 40.0 Å². The summed E-state index contributed by atoms with van der Waals surface area (Å²) in [7, 11) is 0. The number of nitrogens with one attached hydrogen (secondary N) is 1. The van der Waals surface area contributed by atoms with E-state index in [1.165, 1.54) is 16.0 Å². The largest absolute Gasteiger partial charge is 0.349 e. The summed E-state index contributed by atoms with van der Waals surface area (Å²) < 4.78 is 1.28. The van der Waals surface area contributed by atoms with Crippen LogP contribution in [0.3, 0.4) is 0 Å². The van der Waals surface area contributed by atoms with E-state index in [0.717, 1.165) is 23.1 Å². The summed E-state index contributed by atoms with van der Waals surface area (Å²) in [6, 6.07) is 6.94. The lowest BCUT2D eigenvalue weighted by atomic mass is 10.1. The van der Waals surface area contributed by atoms with Crippen LogP contribution in [0.4, 0.5) is 5.13 Å². The van der Waals surface area contributed by atoms with Gasteiger partial charge < -0.3 is 4.90 Å². The lowest BCUT2D eigenvalue weighted by Crippen LogP contribution is -2.28. The summed E-state index contributed by atoms with van der Waals surface area (Å²) in [5.41, 5.74) is 2.45. The molecule has 146 valence electrons. The lowest BCUT2D eigenvalue weighted by Gasteiger charge is -2.16. The Labute approximate surface area is 166 Å². The van der Waals surface area contributed by atoms with Crippen molar-refractivity contribution in [3.63, 3.8) is 0 Å². The van der Waals surface area contributed by atoms with Gasteiger partial charge in [0.1, 0.15) is 0 Å². The van der Waals surface area contributed by atoms with Crippen LogP contribution in [0, 0.1) is 0 Å². The van der Waals surface area contributed by atoms with Crippen LogP contribution in [0.2, 0.25) is 0 Å². The quantitative estimate of drug-likeness (QED) is 0.488. The first-order chi connectivity index (χ1) is 13.6. The van der Waals surface area contributed by atoms with Crippen molar-refractivity contribution in [3.8, 4) is 0 Å². The highest BCUT2D eigenvalue weighted by Gasteiger charge is 2.15. The summed E-state index contributed by atoms with van der Waals surface area (Å²) >= 11 is 1.50. The Hall–Kier alpha value is -3.07. The van der Waals surface area contributed by atoms with Gasteiger partial charge in [0.15, 0.2) is 10.8 Å². The molecule has 2 heterocycles. The van der Waals surface area contributed by atoms with E-state index in [1.54, 1.807) is 43.6 Å². The molecule has 3 rings (SSSR count). The Balaban J connectivity index is 1.81. The molecule has 8 nitrogen and oxygen atoms in total. The smallest absolute Gasteiger partial charge is 0.292 e. The van der Waals surface area contributed by atoms with Crippen molar-refractivity contribution in [1.82, 2.24) is 20.2 Å². The van der Waals surface area contributed by atoms with Gasteiger partial charge in [0.05, 0.1) is 16.5 Å². The fourth-order valence-electron chi connectivity index (χ4n) is 2.80. The van der Waals surface area contributed by atoms with Gasteiger partial charge >= 0.3 is 0 Å². The Morgan fingerprint density at radius 1 is 1.25 bits per heavy atom. The first-order valence-corrected chi connectivity index (χ1v) is 9.94. The van der Waals surface area contributed by atoms with E-state index in [9.17, 15) is 9.59 Å². The summed E-state index contributed by atoms with van der Waals surface area (Å²) in [5, 5.41) is 10.1. The first kappa shape index (κ1) is 19.7. The molecule has 0 atom stereocenters. The second-order valence-corrected chi connectivity index (χ2v) is 6.97. The fraction of sp³-hybridized carbons (Fsp3) is 0.316. The third-order valence-corrected chi connectivity index (χ3v) is 5.28. The number of carbonyl (C=O) groups excluding carboxylic acids is 1. The van der Waals surface area contributed by atoms with Crippen LogP contribution in [0.5, 0.6) is 0 Å². The van der Waals surface area contributed by atoms with Crippen molar-refractivity contribution in [1.29, 1.82) is 0 Å². The average molecular weight is 398 g/mol. The Morgan fingerprint density at radius 3 is 2.64 bits per heavy atom. The summed E-state index contributed by atoms with van der Waals surface area (Å²) in [6.45, 7) is 8.09. The van der Waals surface area contributed by atoms with E-state index in [2.05, 4.69) is 39.4 Å². The van der Waals surface area contributed by atoms with E-state index < -0.39 is 5.91 Å². The third-order valence-electron chi connectivity index (χ3n) is 4.29. The number of benzene rings is 1. The molecule has 3 aromatic rings. The van der Waals surface area contributed by atoms with Crippen molar-refractivity contribution in [2.45, 2.75) is 27.3 Å². The molecule has 0 unspecified atom stereocenters. The molecule has 0 saturated carbocycles. The summed E-state index contributed by atoms with van der Waals surface area (Å²) in [5.74, 6) is -0.469. The summed E-state index contributed by atoms with van der Waals surface area (Å²) in [4.78, 5) is 32.3. The molecule has 2 aromatic heterocycles. The fourth-order valence-corrected chi connectivity index (χ4v) is 3.72. The highest BCUT2D eigenvalue weighted by molar-refractivity contribution is 7.17. The molecule has 0 aliphatic heterocycles. The Bertz CT molecular complexity index is 1070. The van der Waals surface area contributed by atoms with Crippen LogP contribution in [0.25, 0.3) is 10.8 Å². The second-order valence-electron chi connectivity index (χ2n) is 5.93. The van der Waals surface area contributed by atoms with Crippen molar-refractivity contribution in [3.05, 3.63) is 51.4 Å². The van der Waals surface area contributed by atoms with E-state index in [0.29, 0.717) is 17.3 Å². The van der Waals surface area contributed by atoms with E-state index in [4.69, 9.17) is 0 Å². The van der Waals surface area contributed by atoms with Gasteiger partial charge in [-0.25, -0.2) is 15.1 Å². The Morgan fingerprint density at radius 2 is 1.96 bits per heavy atom. The van der Waals surface area contributed by atoms with Crippen LogP contribution >= 0.6 is 11.3 Å². The highest BCUT2D eigenvalue weighted by Crippen LogP contribution is 2.20. The van der Waals surface area contributed by atoms with E-state index in [-0.39, 0.29) is 11.3 Å². The number of anilines is 1. The second kappa shape index (κ2) is 8.75. The normalized spacial score (nSPS) is 11.2. The minimum atomic E-state index is -0.469. The minimum Gasteiger partial charge on any atom is -0.349 e. The third kappa shape index (κ3) is 3.94. The number of hydrogen-bond acceptors (Lipinski definition) is 7. The van der Waals surface area contributed by atoms with Gasteiger partial charge in [-0.15, -0.1) is 0 Å². The highest BCUT2D eigenvalue weighted by atomic mass is 32.1. The van der Waals surface area contributed by atoms with Crippen LogP contribution in [0.15, 0.2) is 40.4 Å². The zero-order valence-corrected chi connectivity index (χ0v) is 16.9. The van der Waals surface area contributed by atoms with Crippen molar-refractivity contribution >= 4 is 39.4 Å². The zero-order valence-electron chi connectivity index (χ0n) is 16.0. The predicted molar refractivity (Wildman–Crippen MR) is 112 cm³/mol. The maximum Gasteiger partial charge on any atom is 0.292 e. The number of hydrazone groups is 1. The molecule has 0 radical (unpaired) electrons. The number of hydrogen-bond donors (Lipinski definition) is 1. The maximum atomic E-state index is 12.6. The summed E-state index contributed by atoms with van der Waals surface area (Å²) in [6.07, 6.45) is 3.28. The van der Waals surface area contributed by atoms with Crippen molar-refractivity contribution in [2.75, 3.05) is 18.0 Å². The van der Waals surface area contributed by atoms with Crippen molar-refractivity contribution in [2.24, 2.45) is 5.10 Å². The monoisotopic (exact) mass is 398 g/mol.